The molecule has 1 rings (SSSR count). The van der Waals surface area contributed by atoms with E-state index in [2.05, 4.69) is 4.72 Å². The highest BCUT2D eigenvalue weighted by Crippen LogP contribution is 2.34. The Kier molecular flexibility index (Phi) is 6.18. The van der Waals surface area contributed by atoms with Crippen LogP contribution in [0.15, 0.2) is 24.3 Å². The Morgan fingerprint density at radius 1 is 1.29 bits per heavy atom. The van der Waals surface area contributed by atoms with Gasteiger partial charge in [0.2, 0.25) is 10.0 Å². The second kappa shape index (κ2) is 7.24. The smallest absolute Gasteiger partial charge is 0.387 e. The molecule has 1 atom stereocenters. The van der Waals surface area contributed by atoms with Crippen molar-refractivity contribution in [2.45, 2.75) is 32.0 Å². The summed E-state index contributed by atoms with van der Waals surface area (Å²) in [4.78, 5) is 0. The maximum Gasteiger partial charge on any atom is 0.416 e. The Morgan fingerprint density at radius 2 is 1.90 bits per heavy atom. The summed E-state index contributed by atoms with van der Waals surface area (Å²) in [6.45, 7) is 1.34. The van der Waals surface area contributed by atoms with Crippen LogP contribution in [0.1, 0.15) is 37.0 Å². The fraction of sp³-hybridized carbons (Fsp3) is 0.538. The van der Waals surface area contributed by atoms with E-state index in [-0.39, 0.29) is 11.3 Å². The Hall–Kier alpha value is -1.12. The lowest BCUT2D eigenvalue weighted by molar-refractivity contribution is -0.139. The van der Waals surface area contributed by atoms with E-state index in [1.165, 1.54) is 12.1 Å². The maximum absolute atomic E-state index is 12.8. The summed E-state index contributed by atoms with van der Waals surface area (Å²) >= 11 is 0. The first-order valence-corrected chi connectivity index (χ1v) is 8.14. The van der Waals surface area contributed by atoms with Gasteiger partial charge >= 0.3 is 6.18 Å². The number of alkyl halides is 3. The quantitative estimate of drug-likeness (QED) is 0.809. The number of halogens is 3. The second-order valence-electron chi connectivity index (χ2n) is 4.62. The topological polar surface area (TPSA) is 66.4 Å². The van der Waals surface area contributed by atoms with Gasteiger partial charge in [0.05, 0.1) is 17.4 Å². The van der Waals surface area contributed by atoms with Gasteiger partial charge in [0, 0.05) is 6.54 Å². The monoisotopic (exact) mass is 325 g/mol. The van der Waals surface area contributed by atoms with Gasteiger partial charge in [-0.25, -0.2) is 13.1 Å². The molecule has 0 radical (unpaired) electrons. The minimum absolute atomic E-state index is 0.114. The largest absolute Gasteiger partial charge is 0.416 e. The number of hydrogen-bond donors (Lipinski definition) is 2. The third kappa shape index (κ3) is 5.64. The van der Waals surface area contributed by atoms with Crippen molar-refractivity contribution < 1.29 is 26.7 Å². The standard InChI is InChI=1S/C13H18F3NO3S/c1-2-3-8-21(19,20)17-9-12(18)10-6-4-5-7-11(10)13(14,15)16/h4-7,12,17-18H,2-3,8-9H2,1H3/t12-/m1/s1. The van der Waals surface area contributed by atoms with Crippen LogP contribution in [0, 0.1) is 0 Å². The summed E-state index contributed by atoms with van der Waals surface area (Å²) in [6, 6.07) is 4.56. The Bertz CT molecular complexity index is 558. The van der Waals surface area contributed by atoms with Crippen molar-refractivity contribution in [3.8, 4) is 0 Å². The minimum Gasteiger partial charge on any atom is -0.387 e. The van der Waals surface area contributed by atoms with E-state index in [9.17, 15) is 26.7 Å². The van der Waals surface area contributed by atoms with Crippen LogP contribution in [0.4, 0.5) is 13.2 Å². The first-order valence-electron chi connectivity index (χ1n) is 6.49. The van der Waals surface area contributed by atoms with Crippen LogP contribution in [0.2, 0.25) is 0 Å². The summed E-state index contributed by atoms with van der Waals surface area (Å²) in [5.74, 6) is -0.114. The summed E-state index contributed by atoms with van der Waals surface area (Å²) in [7, 11) is -3.59. The summed E-state index contributed by atoms with van der Waals surface area (Å²) in [5, 5.41) is 9.83. The number of aliphatic hydroxyl groups excluding tert-OH is 1. The van der Waals surface area contributed by atoms with E-state index in [1.54, 1.807) is 0 Å². The number of aliphatic hydroxyl groups is 1. The number of rotatable bonds is 7. The number of unbranched alkanes of at least 4 members (excludes halogenated alkanes) is 1. The molecule has 0 spiro atoms. The van der Waals surface area contributed by atoms with Gasteiger partial charge in [0.15, 0.2) is 0 Å². The van der Waals surface area contributed by atoms with Gasteiger partial charge in [-0.1, -0.05) is 31.5 Å². The summed E-state index contributed by atoms with van der Waals surface area (Å²) in [5.41, 5.74) is -1.31. The van der Waals surface area contributed by atoms with Crippen molar-refractivity contribution in [2.24, 2.45) is 0 Å². The van der Waals surface area contributed by atoms with Crippen LogP contribution in [-0.2, 0) is 16.2 Å². The van der Waals surface area contributed by atoms with Gasteiger partial charge in [0.25, 0.3) is 0 Å². The summed E-state index contributed by atoms with van der Waals surface area (Å²) < 4.78 is 63.6. The van der Waals surface area contributed by atoms with Gasteiger partial charge < -0.3 is 5.11 Å². The molecule has 1 aromatic carbocycles. The van der Waals surface area contributed by atoms with E-state index < -0.39 is 34.4 Å². The molecular weight excluding hydrogens is 307 g/mol. The van der Waals surface area contributed by atoms with Crippen LogP contribution >= 0.6 is 0 Å². The van der Waals surface area contributed by atoms with E-state index in [0.717, 1.165) is 12.1 Å². The predicted molar refractivity (Wildman–Crippen MR) is 73.1 cm³/mol. The number of nitrogens with one attached hydrogen (secondary N) is 1. The number of benzene rings is 1. The van der Waals surface area contributed by atoms with Gasteiger partial charge in [-0.05, 0) is 18.1 Å². The Morgan fingerprint density at radius 3 is 2.48 bits per heavy atom. The highest BCUT2D eigenvalue weighted by atomic mass is 32.2. The highest BCUT2D eigenvalue weighted by Gasteiger charge is 2.34. The molecule has 2 N–H and O–H groups in total. The zero-order valence-corrected chi connectivity index (χ0v) is 12.3. The third-order valence-electron chi connectivity index (χ3n) is 2.89. The van der Waals surface area contributed by atoms with Gasteiger partial charge in [0.1, 0.15) is 0 Å². The number of sulfonamides is 1. The SMILES string of the molecule is CCCCS(=O)(=O)NC[C@@H](O)c1ccccc1C(F)(F)F. The Labute approximate surface area is 122 Å². The van der Waals surface area contributed by atoms with Crippen LogP contribution in [0.25, 0.3) is 0 Å². The molecule has 0 saturated carbocycles. The molecule has 0 bridgehead atoms. The average Bonchev–Trinajstić information content (AvgIpc) is 2.42. The lowest BCUT2D eigenvalue weighted by atomic mass is 10.0. The molecule has 0 heterocycles. The lowest BCUT2D eigenvalue weighted by Crippen LogP contribution is -2.31. The van der Waals surface area contributed by atoms with Crippen molar-refractivity contribution in [2.75, 3.05) is 12.3 Å². The molecule has 1 aromatic rings. The van der Waals surface area contributed by atoms with Crippen molar-refractivity contribution in [3.05, 3.63) is 35.4 Å². The number of hydrogen-bond acceptors (Lipinski definition) is 3. The molecule has 0 amide bonds. The molecule has 0 unspecified atom stereocenters. The van der Waals surface area contributed by atoms with Crippen molar-refractivity contribution in [1.29, 1.82) is 0 Å². The first kappa shape index (κ1) is 17.9. The molecule has 0 aliphatic carbocycles. The van der Waals surface area contributed by atoms with Crippen molar-refractivity contribution >= 4 is 10.0 Å². The molecular formula is C13H18F3NO3S. The Balaban J connectivity index is 2.80. The molecule has 0 fully saturated rings. The molecule has 0 aromatic heterocycles. The van der Waals surface area contributed by atoms with Gasteiger partial charge in [-0.2, -0.15) is 13.2 Å². The fourth-order valence-corrected chi connectivity index (χ4v) is 2.99. The van der Waals surface area contributed by atoms with E-state index in [0.29, 0.717) is 12.8 Å². The van der Waals surface area contributed by atoms with Crippen LogP contribution in [0.3, 0.4) is 0 Å². The molecule has 0 aliphatic heterocycles. The molecule has 21 heavy (non-hydrogen) atoms. The average molecular weight is 325 g/mol. The maximum atomic E-state index is 12.8. The fourth-order valence-electron chi connectivity index (χ4n) is 1.77. The molecule has 8 heteroatoms. The normalized spacial score (nSPS) is 14.1. The predicted octanol–water partition coefficient (Wildman–Crippen LogP) is 2.46. The van der Waals surface area contributed by atoms with Crippen LogP contribution in [-0.4, -0.2) is 25.8 Å². The van der Waals surface area contributed by atoms with E-state index in [4.69, 9.17) is 0 Å². The highest BCUT2D eigenvalue weighted by molar-refractivity contribution is 7.89. The van der Waals surface area contributed by atoms with Crippen molar-refractivity contribution in [1.82, 2.24) is 4.72 Å². The first-order chi connectivity index (χ1) is 9.67. The van der Waals surface area contributed by atoms with Gasteiger partial charge in [-0.15, -0.1) is 0 Å². The lowest BCUT2D eigenvalue weighted by Gasteiger charge is -2.17. The van der Waals surface area contributed by atoms with Crippen molar-refractivity contribution in [3.63, 3.8) is 0 Å². The van der Waals surface area contributed by atoms with E-state index >= 15 is 0 Å². The van der Waals surface area contributed by atoms with E-state index in [1.807, 2.05) is 6.92 Å². The molecule has 0 saturated heterocycles. The molecule has 4 nitrogen and oxygen atoms in total. The second-order valence-corrected chi connectivity index (χ2v) is 6.55. The summed E-state index contributed by atoms with van der Waals surface area (Å²) in [6.07, 6.45) is -5.02. The zero-order chi connectivity index (χ0) is 16.1. The minimum atomic E-state index is -4.60. The van der Waals surface area contributed by atoms with Gasteiger partial charge in [-0.3, -0.25) is 0 Å². The molecule has 0 aliphatic rings. The third-order valence-corrected chi connectivity index (χ3v) is 4.32. The van der Waals surface area contributed by atoms with Crippen LogP contribution in [0.5, 0.6) is 0 Å². The van der Waals surface area contributed by atoms with Crippen LogP contribution < -0.4 is 4.72 Å². The zero-order valence-electron chi connectivity index (χ0n) is 11.5. The molecule has 120 valence electrons.